The zero-order valence-corrected chi connectivity index (χ0v) is 17.9. The van der Waals surface area contributed by atoms with Crippen LogP contribution in [-0.4, -0.2) is 23.2 Å². The van der Waals surface area contributed by atoms with Gasteiger partial charge in [-0.1, -0.05) is 26.0 Å². The maximum absolute atomic E-state index is 12.5. The molecule has 30 heavy (non-hydrogen) atoms. The average molecular weight is 425 g/mol. The lowest BCUT2D eigenvalue weighted by atomic mass is 10.0. The zero-order chi connectivity index (χ0) is 21.7. The van der Waals surface area contributed by atoms with Crippen molar-refractivity contribution in [1.82, 2.24) is 5.32 Å². The molecular formula is C23H24N2O4S. The van der Waals surface area contributed by atoms with Crippen LogP contribution in [0.4, 0.5) is 5.69 Å². The first kappa shape index (κ1) is 21.5. The van der Waals surface area contributed by atoms with Crippen LogP contribution in [-0.2, 0) is 6.61 Å². The van der Waals surface area contributed by atoms with Crippen molar-refractivity contribution in [3.63, 3.8) is 0 Å². The van der Waals surface area contributed by atoms with Gasteiger partial charge in [-0.2, -0.15) is 0 Å². The third kappa shape index (κ3) is 5.06. The predicted octanol–water partition coefficient (Wildman–Crippen LogP) is 4.70. The van der Waals surface area contributed by atoms with Gasteiger partial charge >= 0.3 is 0 Å². The monoisotopic (exact) mass is 424 g/mol. The molecule has 6 nitrogen and oxygen atoms in total. The van der Waals surface area contributed by atoms with Crippen LogP contribution < -0.4 is 15.4 Å². The minimum absolute atomic E-state index is 0.180. The standard InChI is InChI=1S/C23H24N2O4S/c1-14(2)15-4-6-16(7-5-15)22(27)25-23(30)24-17-8-10-20(28-3)19(12-17)21-11-9-18(13-26)29-21/h4-12,14,26H,13H2,1-3H3,(H2,24,25,27,30). The normalized spacial score (nSPS) is 10.7. The Kier molecular flexibility index (Phi) is 6.87. The molecule has 0 radical (unpaired) electrons. The molecule has 1 aromatic heterocycles. The number of benzene rings is 2. The topological polar surface area (TPSA) is 83.7 Å². The lowest BCUT2D eigenvalue weighted by Gasteiger charge is -2.13. The molecule has 2 aromatic carbocycles. The lowest BCUT2D eigenvalue weighted by molar-refractivity contribution is 0.0977. The van der Waals surface area contributed by atoms with E-state index in [1.807, 2.05) is 12.1 Å². The van der Waals surface area contributed by atoms with Crippen LogP contribution in [0.25, 0.3) is 11.3 Å². The summed E-state index contributed by atoms with van der Waals surface area (Å²) in [5.74, 6) is 1.74. The van der Waals surface area contributed by atoms with E-state index < -0.39 is 0 Å². The largest absolute Gasteiger partial charge is 0.496 e. The van der Waals surface area contributed by atoms with Crippen molar-refractivity contribution in [3.05, 3.63) is 71.5 Å². The second kappa shape index (κ2) is 9.56. The van der Waals surface area contributed by atoms with Gasteiger partial charge in [0.25, 0.3) is 5.91 Å². The quantitative estimate of drug-likeness (QED) is 0.498. The number of anilines is 1. The van der Waals surface area contributed by atoms with Crippen LogP contribution in [0.5, 0.6) is 5.75 Å². The number of carbonyl (C=O) groups excluding carboxylic acids is 1. The van der Waals surface area contributed by atoms with Crippen LogP contribution in [0, 0.1) is 0 Å². The van der Waals surface area contributed by atoms with Gasteiger partial charge in [0.15, 0.2) is 5.11 Å². The summed E-state index contributed by atoms with van der Waals surface area (Å²) >= 11 is 5.29. The van der Waals surface area contributed by atoms with Gasteiger partial charge in [0.05, 0.1) is 12.7 Å². The zero-order valence-electron chi connectivity index (χ0n) is 17.1. The number of methoxy groups -OCH3 is 1. The number of amides is 1. The summed E-state index contributed by atoms with van der Waals surface area (Å²) in [6.45, 7) is 4.02. The Bertz CT molecular complexity index is 1040. The molecule has 3 aromatic rings. The van der Waals surface area contributed by atoms with Crippen molar-refractivity contribution in [1.29, 1.82) is 0 Å². The number of aliphatic hydroxyl groups is 1. The SMILES string of the molecule is COc1ccc(NC(=S)NC(=O)c2ccc(C(C)C)cc2)cc1-c1ccc(CO)o1. The summed E-state index contributed by atoms with van der Waals surface area (Å²) in [4.78, 5) is 12.5. The van der Waals surface area contributed by atoms with Crippen LogP contribution >= 0.6 is 12.2 Å². The number of nitrogens with one attached hydrogen (secondary N) is 2. The second-order valence-electron chi connectivity index (χ2n) is 7.02. The second-order valence-corrected chi connectivity index (χ2v) is 7.43. The molecule has 1 amide bonds. The highest BCUT2D eigenvalue weighted by Gasteiger charge is 2.13. The van der Waals surface area contributed by atoms with Gasteiger partial charge in [-0.3, -0.25) is 10.1 Å². The van der Waals surface area contributed by atoms with Crippen LogP contribution in [0.3, 0.4) is 0 Å². The molecule has 0 aliphatic heterocycles. The Morgan fingerprint density at radius 2 is 1.87 bits per heavy atom. The number of furan rings is 1. The number of thiocarbonyl (C=S) groups is 1. The maximum Gasteiger partial charge on any atom is 0.257 e. The van der Waals surface area contributed by atoms with E-state index in [9.17, 15) is 9.90 Å². The van der Waals surface area contributed by atoms with Crippen LogP contribution in [0.1, 0.15) is 41.4 Å². The third-order valence-electron chi connectivity index (χ3n) is 4.61. The number of hydrogen-bond donors (Lipinski definition) is 3. The Hall–Kier alpha value is -3.16. The first-order valence-corrected chi connectivity index (χ1v) is 9.92. The first-order valence-electron chi connectivity index (χ1n) is 9.51. The highest BCUT2D eigenvalue weighted by atomic mass is 32.1. The molecular weight excluding hydrogens is 400 g/mol. The van der Waals surface area contributed by atoms with Gasteiger partial charge in [0, 0.05) is 11.3 Å². The number of rotatable bonds is 6. The minimum atomic E-state index is -0.282. The van der Waals surface area contributed by atoms with E-state index in [1.165, 1.54) is 5.56 Å². The number of aliphatic hydroxyl groups excluding tert-OH is 1. The summed E-state index contributed by atoms with van der Waals surface area (Å²) in [6.07, 6.45) is 0. The van der Waals surface area contributed by atoms with Gasteiger partial charge in [-0.25, -0.2) is 0 Å². The molecule has 7 heteroatoms. The average Bonchev–Trinajstić information content (AvgIpc) is 3.23. The first-order chi connectivity index (χ1) is 14.4. The van der Waals surface area contributed by atoms with Gasteiger partial charge < -0.3 is 19.6 Å². The fourth-order valence-electron chi connectivity index (χ4n) is 2.94. The van der Waals surface area contributed by atoms with Crippen molar-refractivity contribution in [2.75, 3.05) is 12.4 Å². The molecule has 156 valence electrons. The van der Waals surface area contributed by atoms with Gasteiger partial charge in [0.2, 0.25) is 0 Å². The fraction of sp³-hybridized carbons (Fsp3) is 0.217. The smallest absolute Gasteiger partial charge is 0.257 e. The molecule has 0 saturated carbocycles. The molecule has 0 aliphatic rings. The molecule has 3 rings (SSSR count). The number of ether oxygens (including phenoxy) is 1. The highest BCUT2D eigenvalue weighted by molar-refractivity contribution is 7.80. The molecule has 0 unspecified atom stereocenters. The van der Waals surface area contributed by atoms with E-state index in [1.54, 1.807) is 49.6 Å². The highest BCUT2D eigenvalue weighted by Crippen LogP contribution is 2.33. The molecule has 0 spiro atoms. The number of hydrogen-bond acceptors (Lipinski definition) is 5. The van der Waals surface area contributed by atoms with E-state index in [-0.39, 0.29) is 17.6 Å². The fourth-order valence-corrected chi connectivity index (χ4v) is 3.15. The Morgan fingerprint density at radius 3 is 2.47 bits per heavy atom. The Morgan fingerprint density at radius 1 is 1.13 bits per heavy atom. The maximum atomic E-state index is 12.5. The predicted molar refractivity (Wildman–Crippen MR) is 121 cm³/mol. The van der Waals surface area contributed by atoms with E-state index in [2.05, 4.69) is 24.5 Å². The van der Waals surface area contributed by atoms with Crippen molar-refractivity contribution >= 4 is 28.9 Å². The molecule has 0 fully saturated rings. The molecule has 0 atom stereocenters. The molecule has 3 N–H and O–H groups in total. The summed E-state index contributed by atoms with van der Waals surface area (Å²) < 4.78 is 11.0. The van der Waals surface area contributed by atoms with E-state index in [0.29, 0.717) is 40.0 Å². The molecule has 0 aliphatic carbocycles. The van der Waals surface area contributed by atoms with E-state index in [4.69, 9.17) is 21.4 Å². The lowest BCUT2D eigenvalue weighted by Crippen LogP contribution is -2.34. The van der Waals surface area contributed by atoms with E-state index in [0.717, 1.165) is 0 Å². The summed E-state index contributed by atoms with van der Waals surface area (Å²) in [5, 5.41) is 15.1. The van der Waals surface area contributed by atoms with Crippen molar-refractivity contribution in [2.45, 2.75) is 26.4 Å². The van der Waals surface area contributed by atoms with Gasteiger partial charge in [0.1, 0.15) is 23.9 Å². The van der Waals surface area contributed by atoms with Crippen molar-refractivity contribution in [2.24, 2.45) is 0 Å². The summed E-state index contributed by atoms with van der Waals surface area (Å²) in [7, 11) is 1.57. The summed E-state index contributed by atoms with van der Waals surface area (Å²) in [6, 6.07) is 16.3. The number of carbonyl (C=O) groups is 1. The van der Waals surface area contributed by atoms with Gasteiger partial charge in [-0.05, 0) is 66.2 Å². The van der Waals surface area contributed by atoms with Crippen molar-refractivity contribution in [3.8, 4) is 17.1 Å². The summed E-state index contributed by atoms with van der Waals surface area (Å²) in [5.41, 5.74) is 3.06. The third-order valence-corrected chi connectivity index (χ3v) is 4.81. The van der Waals surface area contributed by atoms with Crippen LogP contribution in [0.15, 0.2) is 59.0 Å². The van der Waals surface area contributed by atoms with Gasteiger partial charge in [-0.15, -0.1) is 0 Å². The van der Waals surface area contributed by atoms with Crippen molar-refractivity contribution < 1.29 is 19.1 Å². The van der Waals surface area contributed by atoms with Crippen LogP contribution in [0.2, 0.25) is 0 Å². The molecule has 1 heterocycles. The Balaban J connectivity index is 1.71. The Labute approximate surface area is 180 Å². The van der Waals surface area contributed by atoms with E-state index >= 15 is 0 Å². The minimum Gasteiger partial charge on any atom is -0.496 e. The molecule has 0 saturated heterocycles. The molecule has 0 bridgehead atoms.